The van der Waals surface area contributed by atoms with Crippen molar-refractivity contribution in [3.8, 4) is 0 Å². The van der Waals surface area contributed by atoms with Gasteiger partial charge < -0.3 is 10.2 Å². The third kappa shape index (κ3) is 18.3. The minimum atomic E-state index is -0.738. The highest BCUT2D eigenvalue weighted by molar-refractivity contribution is 5.66. The second-order valence-electron chi connectivity index (χ2n) is 5.58. The molecule has 0 unspecified atom stereocenters. The van der Waals surface area contributed by atoms with Crippen molar-refractivity contribution in [3.05, 3.63) is 48.6 Å². The Balaban J connectivity index is 3.62. The summed E-state index contributed by atoms with van der Waals surface area (Å²) < 4.78 is 0. The van der Waals surface area contributed by atoms with Gasteiger partial charge in [-0.2, -0.15) is 0 Å². The number of rotatable bonds is 14. The molecule has 130 valence electrons. The lowest BCUT2D eigenvalue weighted by molar-refractivity contribution is -0.137. The van der Waals surface area contributed by atoms with E-state index in [4.69, 9.17) is 5.11 Å². The smallest absolute Gasteiger partial charge is 0.303 e. The Labute approximate surface area is 141 Å². The maximum absolute atomic E-state index is 10.3. The summed E-state index contributed by atoms with van der Waals surface area (Å²) in [5.41, 5.74) is 0. The first-order valence-electron chi connectivity index (χ1n) is 8.70. The molecule has 0 aromatic carbocycles. The maximum atomic E-state index is 10.3. The lowest BCUT2D eigenvalue weighted by Gasteiger charge is -1.99. The second kappa shape index (κ2) is 16.8. The molecule has 0 heterocycles. The minimum absolute atomic E-state index is 0.230. The van der Waals surface area contributed by atoms with Gasteiger partial charge in [0.05, 0.1) is 6.10 Å². The van der Waals surface area contributed by atoms with Crippen LogP contribution in [0.15, 0.2) is 48.6 Å². The first-order valence-corrected chi connectivity index (χ1v) is 8.70. The molecule has 0 bridgehead atoms. The molecule has 23 heavy (non-hydrogen) atoms. The van der Waals surface area contributed by atoms with Gasteiger partial charge in [-0.05, 0) is 38.5 Å². The molecule has 1 atom stereocenters. The molecular weight excluding hydrogens is 288 g/mol. The summed E-state index contributed by atoms with van der Waals surface area (Å²) >= 11 is 0. The van der Waals surface area contributed by atoms with Crippen molar-refractivity contribution in [1.29, 1.82) is 0 Å². The molecule has 0 amide bonds. The number of hydrogen-bond donors (Lipinski definition) is 2. The van der Waals surface area contributed by atoms with E-state index in [1.807, 2.05) is 36.5 Å². The second-order valence-corrected chi connectivity index (χ2v) is 5.58. The van der Waals surface area contributed by atoms with Crippen molar-refractivity contribution in [2.45, 2.75) is 70.8 Å². The number of allylic oxidation sites excluding steroid dienone is 6. The van der Waals surface area contributed by atoms with Crippen molar-refractivity contribution in [1.82, 2.24) is 0 Å². The van der Waals surface area contributed by atoms with Crippen LogP contribution in [0.3, 0.4) is 0 Å². The molecule has 0 saturated heterocycles. The van der Waals surface area contributed by atoms with Gasteiger partial charge in [-0.3, -0.25) is 4.79 Å². The number of unbranched alkanes of at least 4 members (excludes halogenated alkanes) is 4. The van der Waals surface area contributed by atoms with Gasteiger partial charge in [0.2, 0.25) is 0 Å². The Morgan fingerprint density at radius 2 is 1.70 bits per heavy atom. The minimum Gasteiger partial charge on any atom is -0.481 e. The van der Waals surface area contributed by atoms with Gasteiger partial charge >= 0.3 is 5.97 Å². The van der Waals surface area contributed by atoms with E-state index in [9.17, 15) is 9.90 Å². The van der Waals surface area contributed by atoms with E-state index in [0.29, 0.717) is 12.8 Å². The number of aliphatic carboxylic acids is 1. The number of aliphatic hydroxyl groups is 1. The molecule has 0 aliphatic rings. The quantitative estimate of drug-likeness (QED) is 0.263. The molecule has 0 aromatic heterocycles. The maximum Gasteiger partial charge on any atom is 0.303 e. The van der Waals surface area contributed by atoms with Gasteiger partial charge in [0.25, 0.3) is 0 Å². The average Bonchev–Trinajstić information content (AvgIpc) is 2.52. The molecule has 0 aliphatic heterocycles. The standard InChI is InChI=1S/C20H32O3/c1-2-3-4-5-10-13-16-19(21)17-14-11-8-6-7-9-12-15-18-20(22)23/h7-11,13-14,17,19,21H,2-6,12,15-16,18H2,1H3,(H,22,23)/b9-7-,11-8-,13-10-,17-14-/t19-/m0/s1. The molecule has 0 saturated carbocycles. The van der Waals surface area contributed by atoms with Crippen LogP contribution in [0.2, 0.25) is 0 Å². The normalized spacial score (nSPS) is 13.8. The molecule has 0 aliphatic carbocycles. The van der Waals surface area contributed by atoms with Gasteiger partial charge in [0, 0.05) is 6.42 Å². The molecule has 0 radical (unpaired) electrons. The van der Waals surface area contributed by atoms with Crippen molar-refractivity contribution < 1.29 is 15.0 Å². The van der Waals surface area contributed by atoms with Gasteiger partial charge in [-0.1, -0.05) is 68.4 Å². The van der Waals surface area contributed by atoms with Crippen LogP contribution in [0.25, 0.3) is 0 Å². The first kappa shape index (κ1) is 21.4. The Morgan fingerprint density at radius 3 is 2.43 bits per heavy atom. The van der Waals surface area contributed by atoms with Crippen molar-refractivity contribution in [2.24, 2.45) is 0 Å². The van der Waals surface area contributed by atoms with Crippen LogP contribution in [0.5, 0.6) is 0 Å². The molecule has 2 N–H and O–H groups in total. The van der Waals surface area contributed by atoms with Gasteiger partial charge in [0.1, 0.15) is 0 Å². The average molecular weight is 320 g/mol. The summed E-state index contributed by atoms with van der Waals surface area (Å²) in [7, 11) is 0. The van der Waals surface area contributed by atoms with E-state index in [1.165, 1.54) is 19.3 Å². The van der Waals surface area contributed by atoms with Crippen molar-refractivity contribution in [2.75, 3.05) is 0 Å². The van der Waals surface area contributed by atoms with Gasteiger partial charge in [0.15, 0.2) is 0 Å². The zero-order chi connectivity index (χ0) is 17.2. The van der Waals surface area contributed by atoms with Crippen LogP contribution < -0.4 is 0 Å². The molecule has 0 rings (SSSR count). The number of aliphatic hydroxyl groups excluding tert-OH is 1. The predicted octanol–water partition coefficient (Wildman–Crippen LogP) is 5.19. The van der Waals surface area contributed by atoms with Gasteiger partial charge in [-0.25, -0.2) is 0 Å². The summed E-state index contributed by atoms with van der Waals surface area (Å²) in [4.78, 5) is 10.3. The van der Waals surface area contributed by atoms with Crippen molar-refractivity contribution >= 4 is 5.97 Å². The highest BCUT2D eigenvalue weighted by Crippen LogP contribution is 2.02. The van der Waals surface area contributed by atoms with E-state index in [-0.39, 0.29) is 6.42 Å². The predicted molar refractivity (Wildman–Crippen MR) is 97.4 cm³/mol. The lowest BCUT2D eigenvalue weighted by atomic mass is 10.1. The van der Waals surface area contributed by atoms with E-state index in [2.05, 4.69) is 13.0 Å². The summed E-state index contributed by atoms with van der Waals surface area (Å²) in [6, 6.07) is 0. The zero-order valence-electron chi connectivity index (χ0n) is 14.4. The number of carboxylic acid groups (broad SMARTS) is 1. The van der Waals surface area contributed by atoms with Crippen molar-refractivity contribution in [3.63, 3.8) is 0 Å². The zero-order valence-corrected chi connectivity index (χ0v) is 14.4. The molecule has 3 heteroatoms. The number of carbonyl (C=O) groups is 1. The molecule has 3 nitrogen and oxygen atoms in total. The van der Waals surface area contributed by atoms with Gasteiger partial charge in [-0.15, -0.1) is 0 Å². The van der Waals surface area contributed by atoms with Crippen LogP contribution >= 0.6 is 0 Å². The Hall–Kier alpha value is -1.61. The fraction of sp³-hybridized carbons (Fsp3) is 0.550. The van der Waals surface area contributed by atoms with E-state index >= 15 is 0 Å². The summed E-state index contributed by atoms with van der Waals surface area (Å²) in [6.07, 6.45) is 23.5. The summed E-state index contributed by atoms with van der Waals surface area (Å²) in [6.45, 7) is 2.20. The summed E-state index contributed by atoms with van der Waals surface area (Å²) in [5, 5.41) is 18.3. The molecule has 0 aromatic rings. The third-order valence-corrected chi connectivity index (χ3v) is 3.30. The van der Waals surface area contributed by atoms with E-state index in [0.717, 1.165) is 19.3 Å². The third-order valence-electron chi connectivity index (χ3n) is 3.30. The molecule has 0 spiro atoms. The number of carboxylic acids is 1. The fourth-order valence-corrected chi connectivity index (χ4v) is 1.96. The van der Waals surface area contributed by atoms with Crippen LogP contribution in [0, 0.1) is 0 Å². The summed E-state index contributed by atoms with van der Waals surface area (Å²) in [5.74, 6) is -0.738. The van der Waals surface area contributed by atoms with Crippen LogP contribution in [0.1, 0.15) is 64.7 Å². The fourth-order valence-electron chi connectivity index (χ4n) is 1.96. The Kier molecular flexibility index (Phi) is 15.6. The molecule has 0 fully saturated rings. The lowest BCUT2D eigenvalue weighted by Crippen LogP contribution is -1.98. The topological polar surface area (TPSA) is 57.5 Å². The van der Waals surface area contributed by atoms with Crippen LogP contribution in [-0.2, 0) is 4.79 Å². The molecular formula is C20H32O3. The first-order chi connectivity index (χ1) is 11.2. The Morgan fingerprint density at radius 1 is 0.957 bits per heavy atom. The SMILES string of the molecule is CCCCC/C=C\C[C@H](O)/C=C\C=C/C/C=C\CCCC(=O)O. The largest absolute Gasteiger partial charge is 0.481 e. The Bertz CT molecular complexity index is 392. The highest BCUT2D eigenvalue weighted by atomic mass is 16.4. The number of hydrogen-bond acceptors (Lipinski definition) is 2. The van der Waals surface area contributed by atoms with Crippen LogP contribution in [-0.4, -0.2) is 22.3 Å². The highest BCUT2D eigenvalue weighted by Gasteiger charge is 1.93. The van der Waals surface area contributed by atoms with E-state index < -0.39 is 12.1 Å². The monoisotopic (exact) mass is 320 g/mol. The van der Waals surface area contributed by atoms with Crippen LogP contribution in [0.4, 0.5) is 0 Å². The van der Waals surface area contributed by atoms with E-state index in [1.54, 1.807) is 6.08 Å².